The van der Waals surface area contributed by atoms with Crippen molar-refractivity contribution in [1.82, 2.24) is 10.6 Å². The molecule has 0 spiro atoms. The summed E-state index contributed by atoms with van der Waals surface area (Å²) in [7, 11) is 1.47. The Morgan fingerprint density at radius 2 is 2.04 bits per heavy atom. The molecule has 3 rings (SSSR count). The first kappa shape index (κ1) is 17.7. The molecular formula is C19H19FN2O4. The molecule has 2 unspecified atom stereocenters. The number of hydrogen-bond donors (Lipinski definition) is 2. The van der Waals surface area contributed by atoms with Gasteiger partial charge in [0, 0.05) is 12.0 Å². The fourth-order valence-electron chi connectivity index (χ4n) is 2.88. The predicted octanol–water partition coefficient (Wildman–Crippen LogP) is 2.69. The van der Waals surface area contributed by atoms with E-state index in [1.807, 2.05) is 30.3 Å². The van der Waals surface area contributed by atoms with E-state index in [-0.39, 0.29) is 24.5 Å². The van der Waals surface area contributed by atoms with Crippen molar-refractivity contribution in [2.75, 3.05) is 7.11 Å². The van der Waals surface area contributed by atoms with Crippen LogP contribution in [0.25, 0.3) is 0 Å². The summed E-state index contributed by atoms with van der Waals surface area (Å²) in [5, 5.41) is 5.33. The molecule has 6 nitrogen and oxygen atoms in total. The normalized spacial score (nSPS) is 18.9. The molecule has 1 saturated heterocycles. The summed E-state index contributed by atoms with van der Waals surface area (Å²) < 4.78 is 24.5. The van der Waals surface area contributed by atoms with E-state index in [9.17, 15) is 14.0 Å². The van der Waals surface area contributed by atoms with Gasteiger partial charge in [0.1, 0.15) is 18.2 Å². The van der Waals surface area contributed by atoms with Gasteiger partial charge in [0.2, 0.25) is 5.91 Å². The van der Waals surface area contributed by atoms with Gasteiger partial charge < -0.3 is 20.1 Å². The third-order valence-corrected chi connectivity index (χ3v) is 4.18. The molecule has 0 bridgehead atoms. The summed E-state index contributed by atoms with van der Waals surface area (Å²) in [5.74, 6) is -0.291. The maximum Gasteiger partial charge on any atom is 0.407 e. The van der Waals surface area contributed by atoms with Crippen LogP contribution in [0.15, 0.2) is 48.5 Å². The minimum atomic E-state index is -0.693. The van der Waals surface area contributed by atoms with Gasteiger partial charge in [0.25, 0.3) is 0 Å². The van der Waals surface area contributed by atoms with Gasteiger partial charge in [-0.05, 0) is 23.8 Å². The average molecular weight is 358 g/mol. The van der Waals surface area contributed by atoms with Crippen LogP contribution in [0.4, 0.5) is 9.18 Å². The lowest BCUT2D eigenvalue weighted by Gasteiger charge is -2.21. The fourth-order valence-corrected chi connectivity index (χ4v) is 2.88. The SMILES string of the molecule is COc1ccc(F)c(C2NC(=O)CC2NC(=O)OCc2ccccc2)c1. The van der Waals surface area contributed by atoms with Crippen molar-refractivity contribution in [3.63, 3.8) is 0 Å². The van der Waals surface area contributed by atoms with E-state index in [2.05, 4.69) is 10.6 Å². The Labute approximate surface area is 150 Å². The monoisotopic (exact) mass is 358 g/mol. The Morgan fingerprint density at radius 1 is 1.27 bits per heavy atom. The highest BCUT2D eigenvalue weighted by atomic mass is 19.1. The molecule has 7 heteroatoms. The highest BCUT2D eigenvalue weighted by Crippen LogP contribution is 2.29. The number of amides is 2. The smallest absolute Gasteiger partial charge is 0.407 e. The molecule has 1 aliphatic heterocycles. The van der Waals surface area contributed by atoms with Crippen LogP contribution in [0.1, 0.15) is 23.6 Å². The molecule has 0 aliphatic carbocycles. The predicted molar refractivity (Wildman–Crippen MR) is 92.0 cm³/mol. The molecule has 26 heavy (non-hydrogen) atoms. The van der Waals surface area contributed by atoms with Crippen LogP contribution >= 0.6 is 0 Å². The first-order valence-corrected chi connectivity index (χ1v) is 8.17. The van der Waals surface area contributed by atoms with Crippen molar-refractivity contribution >= 4 is 12.0 Å². The first-order chi connectivity index (χ1) is 12.6. The van der Waals surface area contributed by atoms with Crippen LogP contribution in [-0.2, 0) is 16.1 Å². The third-order valence-electron chi connectivity index (χ3n) is 4.18. The van der Waals surface area contributed by atoms with Gasteiger partial charge >= 0.3 is 6.09 Å². The molecule has 2 N–H and O–H groups in total. The lowest BCUT2D eigenvalue weighted by molar-refractivity contribution is -0.119. The first-order valence-electron chi connectivity index (χ1n) is 8.17. The van der Waals surface area contributed by atoms with Gasteiger partial charge in [-0.25, -0.2) is 9.18 Å². The molecule has 1 heterocycles. The van der Waals surface area contributed by atoms with E-state index in [4.69, 9.17) is 9.47 Å². The maximum absolute atomic E-state index is 14.2. The standard InChI is InChI=1S/C19H19FN2O4/c1-25-13-7-8-15(20)14(9-13)18-16(10-17(23)22-18)21-19(24)26-11-12-5-3-2-4-6-12/h2-9,16,18H,10-11H2,1H3,(H,21,24)(H,22,23). The summed E-state index contributed by atoms with van der Waals surface area (Å²) in [6, 6.07) is 12.2. The maximum atomic E-state index is 14.2. The topological polar surface area (TPSA) is 76.7 Å². The number of halogens is 1. The summed E-state index contributed by atoms with van der Waals surface area (Å²) in [4.78, 5) is 23.9. The minimum absolute atomic E-state index is 0.0434. The van der Waals surface area contributed by atoms with Gasteiger partial charge in [0.15, 0.2) is 0 Å². The molecule has 136 valence electrons. The third kappa shape index (κ3) is 4.11. The van der Waals surface area contributed by atoms with E-state index in [1.165, 1.54) is 25.3 Å². The lowest BCUT2D eigenvalue weighted by Crippen LogP contribution is -2.39. The van der Waals surface area contributed by atoms with E-state index < -0.39 is 24.0 Å². The average Bonchev–Trinajstić information content (AvgIpc) is 3.01. The number of carbonyl (C=O) groups is 2. The highest BCUT2D eigenvalue weighted by molar-refractivity contribution is 5.81. The molecular weight excluding hydrogens is 339 g/mol. The molecule has 2 aromatic rings. The van der Waals surface area contributed by atoms with Crippen molar-refractivity contribution in [3.05, 3.63) is 65.5 Å². The number of carbonyl (C=O) groups excluding carboxylic acids is 2. The van der Waals surface area contributed by atoms with Crippen molar-refractivity contribution in [1.29, 1.82) is 0 Å². The molecule has 2 amide bonds. The number of hydrogen-bond acceptors (Lipinski definition) is 4. The van der Waals surface area contributed by atoms with E-state index in [1.54, 1.807) is 0 Å². The largest absolute Gasteiger partial charge is 0.497 e. The lowest BCUT2D eigenvalue weighted by atomic mass is 10.00. The second-order valence-electron chi connectivity index (χ2n) is 5.95. The Kier molecular flexibility index (Phi) is 5.36. The zero-order valence-corrected chi connectivity index (χ0v) is 14.2. The fraction of sp³-hybridized carbons (Fsp3) is 0.263. The van der Waals surface area contributed by atoms with Gasteiger partial charge in [-0.2, -0.15) is 0 Å². The molecule has 0 saturated carbocycles. The van der Waals surface area contributed by atoms with Crippen molar-refractivity contribution in [2.45, 2.75) is 25.1 Å². The molecule has 0 aromatic heterocycles. The van der Waals surface area contributed by atoms with Crippen LogP contribution < -0.4 is 15.4 Å². The second kappa shape index (κ2) is 7.86. The number of nitrogens with one attached hydrogen (secondary N) is 2. The zero-order chi connectivity index (χ0) is 18.5. The van der Waals surface area contributed by atoms with Gasteiger partial charge in [-0.3, -0.25) is 4.79 Å². The minimum Gasteiger partial charge on any atom is -0.497 e. The van der Waals surface area contributed by atoms with E-state index >= 15 is 0 Å². The summed E-state index contributed by atoms with van der Waals surface area (Å²) in [5.41, 5.74) is 1.10. The van der Waals surface area contributed by atoms with E-state index in [0.717, 1.165) is 5.56 Å². The zero-order valence-electron chi connectivity index (χ0n) is 14.2. The van der Waals surface area contributed by atoms with Gasteiger partial charge in [-0.1, -0.05) is 30.3 Å². The molecule has 2 atom stereocenters. The Balaban J connectivity index is 1.68. The van der Waals surface area contributed by atoms with Gasteiger partial charge in [-0.15, -0.1) is 0 Å². The number of rotatable bonds is 5. The van der Waals surface area contributed by atoms with Crippen LogP contribution in [0, 0.1) is 5.82 Å². The van der Waals surface area contributed by atoms with Crippen molar-refractivity contribution in [2.24, 2.45) is 0 Å². The Hall–Kier alpha value is -3.09. The Bertz CT molecular complexity index is 797. The van der Waals surface area contributed by atoms with Crippen molar-refractivity contribution in [3.8, 4) is 5.75 Å². The van der Waals surface area contributed by atoms with Crippen LogP contribution in [-0.4, -0.2) is 25.2 Å². The van der Waals surface area contributed by atoms with Crippen LogP contribution in [0.5, 0.6) is 5.75 Å². The van der Waals surface area contributed by atoms with Crippen LogP contribution in [0.3, 0.4) is 0 Å². The number of benzene rings is 2. The molecule has 0 radical (unpaired) electrons. The highest BCUT2D eigenvalue weighted by Gasteiger charge is 2.36. The van der Waals surface area contributed by atoms with E-state index in [0.29, 0.717) is 5.75 Å². The number of alkyl carbamates (subject to hydrolysis) is 1. The molecule has 2 aromatic carbocycles. The number of methoxy groups -OCH3 is 1. The number of ether oxygens (including phenoxy) is 2. The summed E-state index contributed by atoms with van der Waals surface area (Å²) in [6.07, 6.45) is -0.620. The van der Waals surface area contributed by atoms with Gasteiger partial charge in [0.05, 0.1) is 19.2 Å². The quantitative estimate of drug-likeness (QED) is 0.862. The molecule has 1 aliphatic rings. The Morgan fingerprint density at radius 3 is 2.77 bits per heavy atom. The van der Waals surface area contributed by atoms with Crippen LogP contribution in [0.2, 0.25) is 0 Å². The van der Waals surface area contributed by atoms with Crippen molar-refractivity contribution < 1.29 is 23.5 Å². The summed E-state index contributed by atoms with van der Waals surface area (Å²) >= 11 is 0. The second-order valence-corrected chi connectivity index (χ2v) is 5.95. The molecule has 1 fully saturated rings. The summed E-state index contributed by atoms with van der Waals surface area (Å²) in [6.45, 7) is 0.110.